The van der Waals surface area contributed by atoms with Crippen molar-refractivity contribution in [1.29, 1.82) is 0 Å². The number of aromatic nitrogens is 1. The predicted molar refractivity (Wildman–Crippen MR) is 88.0 cm³/mol. The summed E-state index contributed by atoms with van der Waals surface area (Å²) in [5, 5.41) is 8.13. The molecule has 0 spiro atoms. The molecule has 2 aromatic rings. The van der Waals surface area contributed by atoms with Crippen LogP contribution in [0, 0.1) is 0 Å². The van der Waals surface area contributed by atoms with Crippen molar-refractivity contribution in [3.63, 3.8) is 0 Å². The van der Waals surface area contributed by atoms with E-state index in [0.29, 0.717) is 24.6 Å². The van der Waals surface area contributed by atoms with E-state index in [0.717, 1.165) is 18.4 Å². The van der Waals surface area contributed by atoms with Crippen LogP contribution in [0.2, 0.25) is 0 Å². The average molecular weight is 328 g/mol. The molecule has 24 heavy (non-hydrogen) atoms. The van der Waals surface area contributed by atoms with E-state index in [4.69, 9.17) is 4.42 Å². The third-order valence-corrected chi connectivity index (χ3v) is 3.85. The second-order valence-corrected chi connectivity index (χ2v) is 5.65. The average Bonchev–Trinajstić information content (AvgIpc) is 2.99. The summed E-state index contributed by atoms with van der Waals surface area (Å²) in [6, 6.07) is 8.72. The van der Waals surface area contributed by atoms with E-state index >= 15 is 0 Å². The number of hydrogen-bond donors (Lipinski definition) is 3. The highest BCUT2D eigenvalue weighted by Gasteiger charge is 2.22. The van der Waals surface area contributed by atoms with Crippen molar-refractivity contribution in [2.75, 3.05) is 6.54 Å². The molecule has 1 aliphatic heterocycles. The summed E-state index contributed by atoms with van der Waals surface area (Å²) in [5.74, 6) is 0.926. The minimum atomic E-state index is -0.489. The zero-order valence-corrected chi connectivity index (χ0v) is 13.2. The SMILES string of the molecule is O=C(NCc1ncc(-c2ccccc2)o1)N[C@H]1CCCCNC1=O. The number of oxazole rings is 1. The Morgan fingerprint density at radius 2 is 2.12 bits per heavy atom. The van der Waals surface area contributed by atoms with Crippen LogP contribution in [0.3, 0.4) is 0 Å². The number of benzene rings is 1. The molecule has 3 amide bonds. The van der Waals surface area contributed by atoms with Gasteiger partial charge in [-0.3, -0.25) is 4.79 Å². The van der Waals surface area contributed by atoms with Crippen molar-refractivity contribution < 1.29 is 14.0 Å². The Morgan fingerprint density at radius 3 is 2.96 bits per heavy atom. The topological polar surface area (TPSA) is 96.3 Å². The highest BCUT2D eigenvalue weighted by atomic mass is 16.4. The summed E-state index contributed by atoms with van der Waals surface area (Å²) in [5.41, 5.74) is 0.927. The third-order valence-electron chi connectivity index (χ3n) is 3.85. The van der Waals surface area contributed by atoms with Gasteiger partial charge in [0.05, 0.1) is 12.7 Å². The lowest BCUT2D eigenvalue weighted by Gasteiger charge is -2.15. The minimum Gasteiger partial charge on any atom is -0.439 e. The van der Waals surface area contributed by atoms with Crippen LogP contribution in [0.5, 0.6) is 0 Å². The maximum atomic E-state index is 11.9. The quantitative estimate of drug-likeness (QED) is 0.797. The lowest BCUT2D eigenvalue weighted by molar-refractivity contribution is -0.122. The van der Waals surface area contributed by atoms with Gasteiger partial charge in [0, 0.05) is 12.1 Å². The van der Waals surface area contributed by atoms with Crippen molar-refractivity contribution in [1.82, 2.24) is 20.9 Å². The zero-order chi connectivity index (χ0) is 16.8. The zero-order valence-electron chi connectivity index (χ0n) is 13.2. The summed E-state index contributed by atoms with van der Waals surface area (Å²) in [4.78, 5) is 27.9. The lowest BCUT2D eigenvalue weighted by atomic mass is 10.1. The van der Waals surface area contributed by atoms with E-state index in [1.54, 1.807) is 6.20 Å². The van der Waals surface area contributed by atoms with Gasteiger partial charge in [-0.15, -0.1) is 0 Å². The molecule has 1 aromatic carbocycles. The summed E-state index contributed by atoms with van der Waals surface area (Å²) in [7, 11) is 0. The van der Waals surface area contributed by atoms with Crippen molar-refractivity contribution in [3.8, 4) is 11.3 Å². The maximum absolute atomic E-state index is 11.9. The van der Waals surface area contributed by atoms with Gasteiger partial charge < -0.3 is 20.4 Å². The fourth-order valence-corrected chi connectivity index (χ4v) is 2.57. The van der Waals surface area contributed by atoms with E-state index in [1.165, 1.54) is 0 Å². The van der Waals surface area contributed by atoms with Gasteiger partial charge in [0.2, 0.25) is 11.8 Å². The van der Waals surface area contributed by atoms with E-state index in [-0.39, 0.29) is 12.5 Å². The third kappa shape index (κ3) is 4.13. The molecule has 3 N–H and O–H groups in total. The monoisotopic (exact) mass is 328 g/mol. The van der Waals surface area contributed by atoms with Gasteiger partial charge in [-0.1, -0.05) is 30.3 Å². The summed E-state index contributed by atoms with van der Waals surface area (Å²) >= 11 is 0. The smallest absolute Gasteiger partial charge is 0.315 e. The highest BCUT2D eigenvalue weighted by molar-refractivity contribution is 5.87. The minimum absolute atomic E-state index is 0.134. The van der Waals surface area contributed by atoms with Gasteiger partial charge >= 0.3 is 6.03 Å². The molecule has 0 bridgehead atoms. The number of urea groups is 1. The number of rotatable bonds is 4. The van der Waals surface area contributed by atoms with E-state index in [2.05, 4.69) is 20.9 Å². The molecule has 3 rings (SSSR count). The Morgan fingerprint density at radius 1 is 1.29 bits per heavy atom. The Hall–Kier alpha value is -2.83. The second-order valence-electron chi connectivity index (χ2n) is 5.65. The molecular weight excluding hydrogens is 308 g/mol. The van der Waals surface area contributed by atoms with Gasteiger partial charge in [0.25, 0.3) is 0 Å². The van der Waals surface area contributed by atoms with Crippen LogP contribution in [0.4, 0.5) is 4.79 Å². The van der Waals surface area contributed by atoms with Gasteiger partial charge in [-0.2, -0.15) is 0 Å². The maximum Gasteiger partial charge on any atom is 0.315 e. The fourth-order valence-electron chi connectivity index (χ4n) is 2.57. The van der Waals surface area contributed by atoms with Crippen LogP contribution >= 0.6 is 0 Å². The van der Waals surface area contributed by atoms with E-state index < -0.39 is 12.1 Å². The number of hydrogen-bond acceptors (Lipinski definition) is 4. The van der Waals surface area contributed by atoms with Gasteiger partial charge in [0.15, 0.2) is 5.76 Å². The van der Waals surface area contributed by atoms with Gasteiger partial charge in [-0.25, -0.2) is 9.78 Å². The normalized spacial score (nSPS) is 17.7. The van der Waals surface area contributed by atoms with Crippen LogP contribution in [0.15, 0.2) is 40.9 Å². The molecule has 0 unspecified atom stereocenters. The number of nitrogens with one attached hydrogen (secondary N) is 3. The second kappa shape index (κ2) is 7.63. The molecule has 1 atom stereocenters. The largest absolute Gasteiger partial charge is 0.439 e. The summed E-state index contributed by atoms with van der Waals surface area (Å²) < 4.78 is 5.62. The van der Waals surface area contributed by atoms with Crippen LogP contribution in [0.25, 0.3) is 11.3 Å². The van der Waals surface area contributed by atoms with E-state index in [9.17, 15) is 9.59 Å². The first-order chi connectivity index (χ1) is 11.7. The number of carbonyl (C=O) groups excluding carboxylic acids is 2. The Labute approximate surface area is 139 Å². The Balaban J connectivity index is 1.51. The lowest BCUT2D eigenvalue weighted by Crippen LogP contribution is -2.48. The number of amides is 3. The first-order valence-corrected chi connectivity index (χ1v) is 8.04. The molecule has 0 aliphatic carbocycles. The highest BCUT2D eigenvalue weighted by Crippen LogP contribution is 2.19. The first kappa shape index (κ1) is 16.0. The molecule has 126 valence electrons. The van der Waals surface area contributed by atoms with Gasteiger partial charge in [0.1, 0.15) is 6.04 Å². The Bertz CT molecular complexity index is 699. The van der Waals surface area contributed by atoms with Crippen molar-refractivity contribution in [2.45, 2.75) is 31.8 Å². The molecule has 1 saturated heterocycles. The molecule has 1 fully saturated rings. The van der Waals surface area contributed by atoms with Crippen LogP contribution in [-0.4, -0.2) is 29.5 Å². The molecule has 0 saturated carbocycles. The molecule has 2 heterocycles. The molecule has 7 heteroatoms. The first-order valence-electron chi connectivity index (χ1n) is 8.04. The van der Waals surface area contributed by atoms with Crippen LogP contribution in [0.1, 0.15) is 25.2 Å². The van der Waals surface area contributed by atoms with Crippen LogP contribution < -0.4 is 16.0 Å². The molecule has 7 nitrogen and oxygen atoms in total. The van der Waals surface area contributed by atoms with Crippen molar-refractivity contribution in [3.05, 3.63) is 42.4 Å². The number of carbonyl (C=O) groups is 2. The Kier molecular flexibility index (Phi) is 5.10. The molecule has 1 aliphatic rings. The number of nitrogens with zero attached hydrogens (tertiary/aromatic N) is 1. The standard InChI is InChI=1S/C17H20N4O3/c22-16-13(8-4-5-9-18-16)21-17(23)20-11-15-19-10-14(24-15)12-6-2-1-3-7-12/h1-3,6-7,10,13H,4-5,8-9,11H2,(H,18,22)(H2,20,21,23)/t13-/m0/s1. The predicted octanol–water partition coefficient (Wildman–Crippen LogP) is 1.81. The van der Waals surface area contributed by atoms with Crippen LogP contribution in [-0.2, 0) is 11.3 Å². The van der Waals surface area contributed by atoms with E-state index in [1.807, 2.05) is 30.3 Å². The summed E-state index contributed by atoms with van der Waals surface area (Å²) in [6.07, 6.45) is 4.12. The fraction of sp³-hybridized carbons (Fsp3) is 0.353. The summed E-state index contributed by atoms with van der Waals surface area (Å²) in [6.45, 7) is 0.824. The van der Waals surface area contributed by atoms with Crippen molar-refractivity contribution in [2.24, 2.45) is 0 Å². The van der Waals surface area contributed by atoms with Gasteiger partial charge in [-0.05, 0) is 19.3 Å². The molecular formula is C17H20N4O3. The molecule has 0 radical (unpaired) electrons. The molecule has 1 aromatic heterocycles. The van der Waals surface area contributed by atoms with Crippen molar-refractivity contribution >= 4 is 11.9 Å².